The number of hydrogen-bond donors (Lipinski definition) is 3. The first kappa shape index (κ1) is 23.8. The molecule has 0 aliphatic rings. The van der Waals surface area contributed by atoms with Crippen molar-refractivity contribution in [2.75, 3.05) is 32.7 Å². The fourth-order valence-corrected chi connectivity index (χ4v) is 3.92. The Kier molecular flexibility index (Phi) is 7.03. The van der Waals surface area contributed by atoms with Crippen LogP contribution in [0, 0.1) is 0 Å². The number of nitrogens with one attached hydrogen (secondary N) is 1. The predicted octanol–water partition coefficient (Wildman–Crippen LogP) is 4.37. The van der Waals surface area contributed by atoms with Crippen molar-refractivity contribution in [1.82, 2.24) is 4.98 Å². The summed E-state index contributed by atoms with van der Waals surface area (Å²) in [6.45, 7) is 0.302. The van der Waals surface area contributed by atoms with Gasteiger partial charge in [0.2, 0.25) is 5.91 Å². The molecule has 1 aromatic heterocycles. The third kappa shape index (κ3) is 4.83. The monoisotopic (exact) mass is 472 g/mol. The van der Waals surface area contributed by atoms with Gasteiger partial charge in [-0.05, 0) is 30.3 Å². The van der Waals surface area contributed by atoms with Gasteiger partial charge < -0.3 is 30.2 Å². The maximum Gasteiger partial charge on any atom is 0.227 e. The molecule has 0 saturated heterocycles. The van der Waals surface area contributed by atoms with Crippen LogP contribution in [0.3, 0.4) is 0 Å². The number of aromatic hydroxyl groups is 1. The van der Waals surface area contributed by atoms with Crippen molar-refractivity contribution in [1.29, 1.82) is 0 Å². The molecule has 8 nitrogen and oxygen atoms in total. The maximum absolute atomic E-state index is 12.2. The van der Waals surface area contributed by atoms with Crippen LogP contribution in [-0.2, 0) is 4.79 Å². The van der Waals surface area contributed by atoms with Crippen LogP contribution in [0.4, 0.5) is 11.4 Å². The van der Waals surface area contributed by atoms with Crippen molar-refractivity contribution in [3.8, 4) is 17.4 Å². The van der Waals surface area contributed by atoms with E-state index < -0.39 is 0 Å². The fraction of sp³-hybridized carbons (Fsp3) is 0.185. The minimum absolute atomic E-state index is 0.0124. The molecule has 0 aliphatic heterocycles. The van der Waals surface area contributed by atoms with E-state index >= 15 is 0 Å². The van der Waals surface area contributed by atoms with E-state index in [1.807, 2.05) is 60.7 Å². The second-order valence-corrected chi connectivity index (χ2v) is 7.94. The Morgan fingerprint density at radius 1 is 1.03 bits per heavy atom. The second-order valence-electron chi connectivity index (χ2n) is 7.94. The van der Waals surface area contributed by atoms with Gasteiger partial charge in [-0.2, -0.15) is 0 Å². The number of aromatic nitrogens is 1. The number of ether oxygens (including phenoxy) is 2. The standard InChI is InChI=1S/C27H28N4O4/c1-31(24(32)13-14-28)19-11-9-18(10-12-19)29-26(17-7-5-4-6-8-17)25-20-15-22(34-2)23(35-3)16-21(20)30-27(25)33/h4-12,15-16,30,33H,13-14,28H2,1-3H3. The van der Waals surface area contributed by atoms with Crippen molar-refractivity contribution < 1.29 is 19.4 Å². The van der Waals surface area contributed by atoms with Crippen LogP contribution < -0.4 is 20.1 Å². The Balaban J connectivity index is 1.84. The van der Waals surface area contributed by atoms with Crippen LogP contribution in [-0.4, -0.2) is 49.5 Å². The highest BCUT2D eigenvalue weighted by Gasteiger charge is 2.21. The van der Waals surface area contributed by atoms with Gasteiger partial charge in [-0.25, -0.2) is 4.99 Å². The first-order valence-electron chi connectivity index (χ1n) is 11.1. The number of H-pyrrole nitrogens is 1. The summed E-state index contributed by atoms with van der Waals surface area (Å²) in [7, 11) is 4.85. The molecule has 0 saturated carbocycles. The molecule has 0 unspecified atom stereocenters. The summed E-state index contributed by atoms with van der Waals surface area (Å²) in [6.07, 6.45) is 0.280. The predicted molar refractivity (Wildman–Crippen MR) is 138 cm³/mol. The Labute approximate surface area is 203 Å². The Bertz CT molecular complexity index is 1360. The summed E-state index contributed by atoms with van der Waals surface area (Å²) in [5.74, 6) is 1.03. The Hall–Kier alpha value is -4.30. The molecule has 4 rings (SSSR count). The Morgan fingerprint density at radius 3 is 2.31 bits per heavy atom. The topological polar surface area (TPSA) is 113 Å². The zero-order valence-electron chi connectivity index (χ0n) is 19.9. The molecule has 4 N–H and O–H groups in total. The maximum atomic E-state index is 12.2. The fourth-order valence-electron chi connectivity index (χ4n) is 3.92. The molecule has 1 amide bonds. The number of carbonyl (C=O) groups is 1. The summed E-state index contributed by atoms with van der Waals surface area (Å²) in [5, 5.41) is 11.7. The van der Waals surface area contributed by atoms with Gasteiger partial charge >= 0.3 is 0 Å². The minimum atomic E-state index is -0.0539. The number of methoxy groups -OCH3 is 2. The summed E-state index contributed by atoms with van der Waals surface area (Å²) >= 11 is 0. The number of carbonyl (C=O) groups excluding carboxylic acids is 1. The third-order valence-electron chi connectivity index (χ3n) is 5.78. The quantitative estimate of drug-likeness (QED) is 0.330. The van der Waals surface area contributed by atoms with Crippen molar-refractivity contribution in [3.63, 3.8) is 0 Å². The molecule has 0 radical (unpaired) electrons. The lowest BCUT2D eigenvalue weighted by atomic mass is 10.0. The van der Waals surface area contributed by atoms with Crippen LogP contribution in [0.25, 0.3) is 10.9 Å². The number of hydrogen-bond acceptors (Lipinski definition) is 6. The summed E-state index contributed by atoms with van der Waals surface area (Å²) in [4.78, 5) is 21.7. The average molecular weight is 473 g/mol. The van der Waals surface area contributed by atoms with E-state index in [0.29, 0.717) is 40.5 Å². The molecule has 3 aromatic carbocycles. The van der Waals surface area contributed by atoms with Gasteiger partial charge in [0, 0.05) is 42.7 Å². The number of amides is 1. The molecule has 4 aromatic rings. The number of anilines is 1. The molecule has 0 atom stereocenters. The number of nitrogens with zero attached hydrogens (tertiary/aromatic N) is 2. The number of aliphatic imine (C=N–C) groups is 1. The van der Waals surface area contributed by atoms with Crippen molar-refractivity contribution in [2.24, 2.45) is 10.7 Å². The molecule has 0 spiro atoms. The molecular weight excluding hydrogens is 444 g/mol. The molecule has 1 heterocycles. The summed E-state index contributed by atoms with van der Waals surface area (Å²) in [5.41, 5.74) is 9.58. The molecule has 180 valence electrons. The van der Waals surface area contributed by atoms with Crippen LogP contribution in [0.2, 0.25) is 0 Å². The lowest BCUT2D eigenvalue weighted by Gasteiger charge is -2.17. The number of aromatic amines is 1. The highest BCUT2D eigenvalue weighted by molar-refractivity contribution is 6.22. The van der Waals surface area contributed by atoms with Crippen molar-refractivity contribution in [3.05, 3.63) is 77.9 Å². The first-order chi connectivity index (χ1) is 17.0. The second kappa shape index (κ2) is 10.3. The lowest BCUT2D eigenvalue weighted by molar-refractivity contribution is -0.118. The molecular formula is C27H28N4O4. The van der Waals surface area contributed by atoms with E-state index in [9.17, 15) is 9.90 Å². The summed E-state index contributed by atoms with van der Waals surface area (Å²) < 4.78 is 10.9. The smallest absolute Gasteiger partial charge is 0.227 e. The molecule has 0 fully saturated rings. The minimum Gasteiger partial charge on any atom is -0.494 e. The van der Waals surface area contributed by atoms with Gasteiger partial charge in [-0.3, -0.25) is 4.79 Å². The number of rotatable bonds is 8. The van der Waals surface area contributed by atoms with E-state index in [-0.39, 0.29) is 18.2 Å². The molecule has 8 heteroatoms. The van der Waals surface area contributed by atoms with Gasteiger partial charge in [0.1, 0.15) is 0 Å². The SMILES string of the molecule is COc1cc2[nH]c(O)c(C(=Nc3ccc(N(C)C(=O)CCN)cc3)c3ccccc3)c2cc1OC. The van der Waals surface area contributed by atoms with Crippen LogP contribution in [0.1, 0.15) is 17.5 Å². The van der Waals surface area contributed by atoms with Crippen LogP contribution in [0.15, 0.2) is 71.7 Å². The van der Waals surface area contributed by atoms with E-state index in [0.717, 1.165) is 16.6 Å². The third-order valence-corrected chi connectivity index (χ3v) is 5.78. The van der Waals surface area contributed by atoms with Gasteiger partial charge in [0.05, 0.1) is 36.7 Å². The first-order valence-corrected chi connectivity index (χ1v) is 11.1. The van der Waals surface area contributed by atoms with Crippen molar-refractivity contribution in [2.45, 2.75) is 6.42 Å². The van der Waals surface area contributed by atoms with Crippen LogP contribution in [0.5, 0.6) is 17.4 Å². The van der Waals surface area contributed by atoms with Gasteiger partial charge in [0.15, 0.2) is 17.4 Å². The lowest BCUT2D eigenvalue weighted by Crippen LogP contribution is -2.27. The largest absolute Gasteiger partial charge is 0.494 e. The zero-order chi connectivity index (χ0) is 24.9. The average Bonchev–Trinajstić information content (AvgIpc) is 3.21. The van der Waals surface area contributed by atoms with Gasteiger partial charge in [0.25, 0.3) is 0 Å². The van der Waals surface area contributed by atoms with E-state index in [1.165, 1.54) is 0 Å². The van der Waals surface area contributed by atoms with Gasteiger partial charge in [-0.1, -0.05) is 30.3 Å². The molecule has 35 heavy (non-hydrogen) atoms. The highest BCUT2D eigenvalue weighted by Crippen LogP contribution is 2.38. The van der Waals surface area contributed by atoms with E-state index in [1.54, 1.807) is 32.2 Å². The highest BCUT2D eigenvalue weighted by atomic mass is 16.5. The molecule has 0 aliphatic carbocycles. The number of fused-ring (bicyclic) bond motifs is 1. The van der Waals surface area contributed by atoms with Crippen LogP contribution >= 0.6 is 0 Å². The zero-order valence-corrected chi connectivity index (χ0v) is 19.9. The Morgan fingerprint density at radius 2 is 1.69 bits per heavy atom. The van der Waals surface area contributed by atoms with Crippen molar-refractivity contribution >= 4 is 33.9 Å². The van der Waals surface area contributed by atoms with E-state index in [4.69, 9.17) is 20.2 Å². The normalized spacial score (nSPS) is 11.5. The number of benzene rings is 3. The van der Waals surface area contributed by atoms with Gasteiger partial charge in [-0.15, -0.1) is 0 Å². The summed E-state index contributed by atoms with van der Waals surface area (Å²) in [6, 6.07) is 20.6. The molecule has 0 bridgehead atoms. The van der Waals surface area contributed by atoms with E-state index in [2.05, 4.69) is 4.98 Å². The number of nitrogens with two attached hydrogens (primary N) is 1.